The molecule has 1 aromatic heterocycles. The molecule has 1 aromatic rings. The van der Waals surface area contributed by atoms with Crippen LogP contribution in [0.5, 0.6) is 5.75 Å². The number of hydrogen-bond donors (Lipinski definition) is 1. The molecule has 3 aliphatic rings. The monoisotopic (exact) mass is 366 g/mol. The minimum absolute atomic E-state index is 0.356. The predicted octanol–water partition coefficient (Wildman–Crippen LogP) is 2.69. The Kier molecular flexibility index (Phi) is 5.29. The second-order valence-electron chi connectivity index (χ2n) is 7.69. The second kappa shape index (κ2) is 7.64. The summed E-state index contributed by atoms with van der Waals surface area (Å²) in [6.07, 6.45) is 4.85. The Labute approximate surface area is 154 Å². The minimum atomic E-state index is 0.356. The van der Waals surface area contributed by atoms with Crippen LogP contribution in [0.15, 0.2) is 6.07 Å². The fourth-order valence-corrected chi connectivity index (χ4v) is 4.90. The zero-order valence-electron chi connectivity index (χ0n) is 14.8. The summed E-state index contributed by atoms with van der Waals surface area (Å²) in [4.78, 5) is 2.68. The number of anilines is 1. The quantitative estimate of drug-likeness (QED) is 0.864. The van der Waals surface area contributed by atoms with Crippen LogP contribution in [-0.4, -0.2) is 61.1 Å². The van der Waals surface area contributed by atoms with E-state index in [1.165, 1.54) is 45.3 Å². The standard InChI is InChI=1S/C18H27ClN4O2/c1-24-16-8-17(19)21-22-18(16)20-15-6-13-10-23(11-14(13)7-15)9-12-2-4-25-5-3-12/h8,12-15H,2-7,9-11H2,1H3,(H,20,22)/t13-,14-/m1/s1. The fourth-order valence-electron chi connectivity index (χ4n) is 4.76. The van der Waals surface area contributed by atoms with Gasteiger partial charge in [0.05, 0.1) is 7.11 Å². The van der Waals surface area contributed by atoms with Gasteiger partial charge in [0.25, 0.3) is 0 Å². The highest BCUT2D eigenvalue weighted by Gasteiger charge is 2.41. The van der Waals surface area contributed by atoms with Crippen molar-refractivity contribution in [3.63, 3.8) is 0 Å². The maximum Gasteiger partial charge on any atom is 0.191 e. The van der Waals surface area contributed by atoms with Gasteiger partial charge in [-0.2, -0.15) is 0 Å². The van der Waals surface area contributed by atoms with Crippen molar-refractivity contribution in [1.82, 2.24) is 15.1 Å². The molecule has 138 valence electrons. The van der Waals surface area contributed by atoms with Crippen molar-refractivity contribution in [3.8, 4) is 5.75 Å². The van der Waals surface area contributed by atoms with Crippen molar-refractivity contribution in [3.05, 3.63) is 11.2 Å². The van der Waals surface area contributed by atoms with Gasteiger partial charge in [0.2, 0.25) is 0 Å². The molecule has 1 N–H and O–H groups in total. The average molecular weight is 367 g/mol. The Balaban J connectivity index is 1.29. The smallest absolute Gasteiger partial charge is 0.191 e. The molecule has 0 spiro atoms. The van der Waals surface area contributed by atoms with Gasteiger partial charge < -0.3 is 19.7 Å². The zero-order chi connectivity index (χ0) is 17.2. The third kappa shape index (κ3) is 4.01. The summed E-state index contributed by atoms with van der Waals surface area (Å²) in [7, 11) is 1.64. The number of likely N-dealkylation sites (tertiary alicyclic amines) is 1. The molecule has 3 heterocycles. The number of halogens is 1. The average Bonchev–Trinajstić information content (AvgIpc) is 3.15. The van der Waals surface area contributed by atoms with E-state index in [9.17, 15) is 0 Å². The SMILES string of the molecule is COc1cc(Cl)nnc1NC1C[C@@H]2CN(CC3CCOCC3)C[C@H]2C1. The lowest BCUT2D eigenvalue weighted by atomic mass is 10.00. The molecule has 25 heavy (non-hydrogen) atoms. The highest BCUT2D eigenvalue weighted by Crippen LogP contribution is 2.40. The molecule has 4 rings (SSSR count). The summed E-state index contributed by atoms with van der Waals surface area (Å²) in [5, 5.41) is 12.0. The van der Waals surface area contributed by atoms with E-state index in [2.05, 4.69) is 20.4 Å². The van der Waals surface area contributed by atoms with Crippen LogP contribution in [0.4, 0.5) is 5.82 Å². The van der Waals surface area contributed by atoms with E-state index in [1.54, 1.807) is 13.2 Å². The molecule has 7 heteroatoms. The Hall–Kier alpha value is -1.11. The highest BCUT2D eigenvalue weighted by molar-refractivity contribution is 6.29. The Morgan fingerprint density at radius 3 is 2.64 bits per heavy atom. The summed E-state index contributed by atoms with van der Waals surface area (Å²) in [5.74, 6) is 3.79. The van der Waals surface area contributed by atoms with Crippen molar-refractivity contribution in [2.75, 3.05) is 45.3 Å². The van der Waals surface area contributed by atoms with Crippen molar-refractivity contribution in [1.29, 1.82) is 0 Å². The van der Waals surface area contributed by atoms with Crippen LogP contribution in [-0.2, 0) is 4.74 Å². The zero-order valence-corrected chi connectivity index (χ0v) is 15.5. The first kappa shape index (κ1) is 17.3. The van der Waals surface area contributed by atoms with Gasteiger partial charge in [-0.15, -0.1) is 10.2 Å². The molecule has 0 unspecified atom stereocenters. The number of nitrogens with zero attached hydrogens (tertiary/aromatic N) is 3. The molecule has 6 nitrogen and oxygen atoms in total. The summed E-state index contributed by atoms with van der Waals surface area (Å²) < 4.78 is 10.8. The maximum absolute atomic E-state index is 5.89. The number of ether oxygens (including phenoxy) is 2. The van der Waals surface area contributed by atoms with Gasteiger partial charge in [-0.25, -0.2) is 0 Å². The minimum Gasteiger partial charge on any atom is -0.493 e. The van der Waals surface area contributed by atoms with Gasteiger partial charge >= 0.3 is 0 Å². The first-order chi connectivity index (χ1) is 12.2. The number of methoxy groups -OCH3 is 1. The predicted molar refractivity (Wildman–Crippen MR) is 97.2 cm³/mol. The lowest BCUT2D eigenvalue weighted by molar-refractivity contribution is 0.0545. The first-order valence-corrected chi connectivity index (χ1v) is 9.73. The maximum atomic E-state index is 5.89. The molecule has 3 fully saturated rings. The highest BCUT2D eigenvalue weighted by atomic mass is 35.5. The van der Waals surface area contributed by atoms with Gasteiger partial charge in [0, 0.05) is 45.0 Å². The lowest BCUT2D eigenvalue weighted by Gasteiger charge is -2.27. The van der Waals surface area contributed by atoms with Crippen molar-refractivity contribution in [2.24, 2.45) is 17.8 Å². The van der Waals surface area contributed by atoms with Crippen LogP contribution in [0.1, 0.15) is 25.7 Å². The van der Waals surface area contributed by atoms with Gasteiger partial charge in [0.15, 0.2) is 16.7 Å². The van der Waals surface area contributed by atoms with Crippen LogP contribution in [0.25, 0.3) is 0 Å². The molecular weight excluding hydrogens is 340 g/mol. The van der Waals surface area contributed by atoms with E-state index in [0.717, 1.165) is 31.0 Å². The van der Waals surface area contributed by atoms with E-state index in [4.69, 9.17) is 21.1 Å². The number of fused-ring (bicyclic) bond motifs is 1. The van der Waals surface area contributed by atoms with E-state index in [0.29, 0.717) is 22.8 Å². The first-order valence-electron chi connectivity index (χ1n) is 9.35. The Bertz CT molecular complexity index is 582. The third-order valence-corrected chi connectivity index (χ3v) is 6.16. The van der Waals surface area contributed by atoms with Crippen LogP contribution in [0.2, 0.25) is 5.15 Å². The molecule has 2 aliphatic heterocycles. The molecule has 0 amide bonds. The summed E-state index contributed by atoms with van der Waals surface area (Å²) in [5.41, 5.74) is 0. The van der Waals surface area contributed by atoms with Crippen molar-refractivity contribution >= 4 is 17.4 Å². The van der Waals surface area contributed by atoms with E-state index < -0.39 is 0 Å². The van der Waals surface area contributed by atoms with E-state index >= 15 is 0 Å². The van der Waals surface area contributed by atoms with E-state index in [1.807, 2.05) is 0 Å². The van der Waals surface area contributed by atoms with Crippen LogP contribution in [0, 0.1) is 17.8 Å². The number of aromatic nitrogens is 2. The topological polar surface area (TPSA) is 59.5 Å². The molecule has 1 saturated carbocycles. The van der Waals surface area contributed by atoms with Crippen LogP contribution < -0.4 is 10.1 Å². The molecule has 2 saturated heterocycles. The number of hydrogen-bond acceptors (Lipinski definition) is 6. The van der Waals surface area contributed by atoms with Gasteiger partial charge in [-0.3, -0.25) is 0 Å². The summed E-state index contributed by atoms with van der Waals surface area (Å²) in [6.45, 7) is 5.63. The number of nitrogens with one attached hydrogen (secondary N) is 1. The summed E-state index contributed by atoms with van der Waals surface area (Å²) in [6, 6.07) is 2.16. The third-order valence-electron chi connectivity index (χ3n) is 5.97. The molecule has 0 bridgehead atoms. The van der Waals surface area contributed by atoms with Crippen LogP contribution >= 0.6 is 11.6 Å². The van der Waals surface area contributed by atoms with Gasteiger partial charge in [0.1, 0.15) is 0 Å². The van der Waals surface area contributed by atoms with Crippen molar-refractivity contribution in [2.45, 2.75) is 31.7 Å². The molecule has 2 atom stereocenters. The molecule has 1 aliphatic carbocycles. The van der Waals surface area contributed by atoms with Crippen LogP contribution in [0.3, 0.4) is 0 Å². The molecular formula is C18H27ClN4O2. The Morgan fingerprint density at radius 1 is 1.24 bits per heavy atom. The van der Waals surface area contributed by atoms with Gasteiger partial charge in [-0.05, 0) is 43.4 Å². The second-order valence-corrected chi connectivity index (χ2v) is 8.08. The lowest BCUT2D eigenvalue weighted by Crippen LogP contribution is -2.32. The molecule has 0 radical (unpaired) electrons. The summed E-state index contributed by atoms with van der Waals surface area (Å²) >= 11 is 5.89. The van der Waals surface area contributed by atoms with Crippen molar-refractivity contribution < 1.29 is 9.47 Å². The normalized spacial score (nSPS) is 28.2. The largest absolute Gasteiger partial charge is 0.493 e. The molecule has 0 aromatic carbocycles. The van der Waals surface area contributed by atoms with Gasteiger partial charge in [-0.1, -0.05) is 11.6 Å². The number of rotatable bonds is 5. The van der Waals surface area contributed by atoms with E-state index in [-0.39, 0.29) is 0 Å². The Morgan fingerprint density at radius 2 is 1.96 bits per heavy atom. The fraction of sp³-hybridized carbons (Fsp3) is 0.778.